The molecule has 1 aliphatic heterocycles. The van der Waals surface area contributed by atoms with Gasteiger partial charge >= 0.3 is 0 Å². The summed E-state index contributed by atoms with van der Waals surface area (Å²) in [5, 5.41) is 15.1. The molecule has 1 aliphatic rings. The number of aliphatic hydroxyl groups is 1. The van der Waals surface area contributed by atoms with E-state index in [0.29, 0.717) is 16.1 Å². The minimum absolute atomic E-state index is 0.379. The van der Waals surface area contributed by atoms with Crippen molar-refractivity contribution in [2.24, 2.45) is 0 Å². The number of para-hydroxylation sites is 1. The van der Waals surface area contributed by atoms with Crippen molar-refractivity contribution in [1.82, 2.24) is 0 Å². The second-order valence-electron chi connectivity index (χ2n) is 3.69. The molecule has 3 rings (SSSR count). The quantitative estimate of drug-likeness (QED) is 0.788. The normalized spacial score (nSPS) is 22.9. The third-order valence-corrected chi connectivity index (χ3v) is 3.75. The lowest BCUT2D eigenvalue weighted by atomic mass is 9.94. The van der Waals surface area contributed by atoms with Gasteiger partial charge in [-0.2, -0.15) is 0 Å². The molecule has 80 valence electrons. The number of rotatable bonds is 1. The molecule has 3 nitrogen and oxygen atoms in total. The third-order valence-electron chi connectivity index (χ3n) is 2.77. The molecule has 2 aromatic rings. The average Bonchev–Trinajstić information content (AvgIpc) is 2.89. The molecule has 1 unspecified atom stereocenters. The molecule has 0 fully saturated rings. The lowest BCUT2D eigenvalue weighted by Gasteiger charge is -2.18. The van der Waals surface area contributed by atoms with Crippen LogP contribution in [0.4, 0.5) is 5.69 Å². The van der Waals surface area contributed by atoms with Gasteiger partial charge in [0.15, 0.2) is 0 Å². The Morgan fingerprint density at radius 1 is 1.19 bits per heavy atom. The molecule has 0 saturated carbocycles. The van der Waals surface area contributed by atoms with Crippen LogP contribution in [0.15, 0.2) is 41.8 Å². The maximum absolute atomic E-state index is 11.9. The van der Waals surface area contributed by atoms with Crippen LogP contribution in [0.1, 0.15) is 10.4 Å². The van der Waals surface area contributed by atoms with Gasteiger partial charge in [0.2, 0.25) is 5.60 Å². The van der Waals surface area contributed by atoms with Crippen molar-refractivity contribution < 1.29 is 9.90 Å². The van der Waals surface area contributed by atoms with E-state index in [1.807, 2.05) is 23.6 Å². The molecule has 2 heterocycles. The lowest BCUT2D eigenvalue weighted by Crippen LogP contribution is -2.34. The van der Waals surface area contributed by atoms with Crippen LogP contribution in [-0.4, -0.2) is 11.0 Å². The Kier molecular flexibility index (Phi) is 1.89. The summed E-state index contributed by atoms with van der Waals surface area (Å²) in [7, 11) is 0. The van der Waals surface area contributed by atoms with Crippen molar-refractivity contribution in [3.63, 3.8) is 0 Å². The Labute approximate surface area is 96.4 Å². The maximum atomic E-state index is 11.9. The van der Waals surface area contributed by atoms with E-state index in [1.54, 1.807) is 18.2 Å². The van der Waals surface area contributed by atoms with E-state index in [4.69, 9.17) is 0 Å². The topological polar surface area (TPSA) is 49.3 Å². The summed E-state index contributed by atoms with van der Waals surface area (Å²) in [6.45, 7) is 0. The van der Waals surface area contributed by atoms with Crippen LogP contribution in [0.3, 0.4) is 0 Å². The highest BCUT2D eigenvalue weighted by Crippen LogP contribution is 2.42. The van der Waals surface area contributed by atoms with E-state index in [9.17, 15) is 9.90 Å². The molecule has 1 amide bonds. The van der Waals surface area contributed by atoms with Gasteiger partial charge in [0.05, 0.1) is 4.88 Å². The number of amides is 1. The number of carbonyl (C=O) groups excluding carboxylic acids is 1. The van der Waals surface area contributed by atoms with Crippen LogP contribution in [0, 0.1) is 0 Å². The summed E-state index contributed by atoms with van der Waals surface area (Å²) in [6.07, 6.45) is 0. The van der Waals surface area contributed by atoms with Gasteiger partial charge in [-0.05, 0) is 17.5 Å². The van der Waals surface area contributed by atoms with E-state index in [2.05, 4.69) is 5.32 Å². The first kappa shape index (κ1) is 9.57. The van der Waals surface area contributed by atoms with Crippen LogP contribution >= 0.6 is 11.3 Å². The molecule has 0 saturated heterocycles. The van der Waals surface area contributed by atoms with Gasteiger partial charge < -0.3 is 10.4 Å². The summed E-state index contributed by atoms with van der Waals surface area (Å²) >= 11 is 1.38. The Balaban J connectivity index is 2.25. The van der Waals surface area contributed by atoms with Crippen LogP contribution in [0.25, 0.3) is 0 Å². The first-order chi connectivity index (χ1) is 7.73. The number of fused-ring (bicyclic) bond motifs is 1. The number of thiophene rings is 1. The van der Waals surface area contributed by atoms with Crippen LogP contribution in [0.5, 0.6) is 0 Å². The average molecular weight is 231 g/mol. The number of carbonyl (C=O) groups is 1. The Bertz CT molecular complexity index is 550. The number of hydrogen-bond donors (Lipinski definition) is 2. The van der Waals surface area contributed by atoms with Crippen molar-refractivity contribution in [2.45, 2.75) is 5.60 Å². The standard InChI is InChI=1S/C12H9NO2S/c14-11-12(15,10-6-3-7-16-10)8-4-1-2-5-9(8)13-11/h1-7,15H,(H,13,14). The number of hydrogen-bond acceptors (Lipinski definition) is 3. The van der Waals surface area contributed by atoms with Gasteiger partial charge in [-0.1, -0.05) is 24.3 Å². The van der Waals surface area contributed by atoms with Gasteiger partial charge in [-0.3, -0.25) is 4.79 Å². The maximum Gasteiger partial charge on any atom is 0.266 e. The zero-order valence-corrected chi connectivity index (χ0v) is 9.12. The third kappa shape index (κ3) is 1.08. The summed E-state index contributed by atoms with van der Waals surface area (Å²) in [5.41, 5.74) is -0.212. The summed E-state index contributed by atoms with van der Waals surface area (Å²) in [4.78, 5) is 12.5. The number of nitrogens with one attached hydrogen (secondary N) is 1. The fraction of sp³-hybridized carbons (Fsp3) is 0.0833. The van der Waals surface area contributed by atoms with E-state index < -0.39 is 5.60 Å². The molecule has 1 aromatic heterocycles. The molecule has 2 N–H and O–H groups in total. The Hall–Kier alpha value is -1.65. The molecular weight excluding hydrogens is 222 g/mol. The van der Waals surface area contributed by atoms with Gasteiger partial charge in [-0.25, -0.2) is 0 Å². The minimum atomic E-state index is -1.52. The fourth-order valence-corrected chi connectivity index (χ4v) is 2.81. The number of anilines is 1. The number of benzene rings is 1. The zero-order chi connectivity index (χ0) is 11.2. The second-order valence-corrected chi connectivity index (χ2v) is 4.64. The van der Waals surface area contributed by atoms with Crippen LogP contribution in [-0.2, 0) is 10.4 Å². The highest BCUT2D eigenvalue weighted by atomic mass is 32.1. The SMILES string of the molecule is O=C1Nc2ccccc2C1(O)c1cccs1. The minimum Gasteiger partial charge on any atom is -0.371 e. The van der Waals surface area contributed by atoms with E-state index in [0.717, 1.165) is 0 Å². The predicted octanol–water partition coefficient (Wildman–Crippen LogP) is 1.94. The predicted molar refractivity (Wildman–Crippen MR) is 62.4 cm³/mol. The summed E-state index contributed by atoms with van der Waals surface area (Å²) in [5.74, 6) is -0.379. The van der Waals surface area contributed by atoms with Gasteiger partial charge in [-0.15, -0.1) is 11.3 Å². The van der Waals surface area contributed by atoms with E-state index in [1.165, 1.54) is 11.3 Å². The molecular formula is C12H9NO2S. The molecule has 4 heteroatoms. The first-order valence-electron chi connectivity index (χ1n) is 4.90. The van der Waals surface area contributed by atoms with Crippen molar-refractivity contribution in [3.8, 4) is 0 Å². The molecule has 0 spiro atoms. The Morgan fingerprint density at radius 3 is 2.75 bits per heavy atom. The summed E-state index contributed by atoms with van der Waals surface area (Å²) in [6, 6.07) is 10.8. The zero-order valence-electron chi connectivity index (χ0n) is 8.31. The monoisotopic (exact) mass is 231 g/mol. The first-order valence-corrected chi connectivity index (χ1v) is 5.78. The second kappa shape index (κ2) is 3.17. The van der Waals surface area contributed by atoms with Crippen molar-refractivity contribution >= 4 is 22.9 Å². The smallest absolute Gasteiger partial charge is 0.266 e. The fourth-order valence-electron chi connectivity index (χ4n) is 1.97. The molecule has 1 aromatic carbocycles. The molecule has 0 radical (unpaired) electrons. The van der Waals surface area contributed by atoms with Crippen molar-refractivity contribution in [2.75, 3.05) is 5.32 Å². The van der Waals surface area contributed by atoms with Crippen molar-refractivity contribution in [3.05, 3.63) is 52.2 Å². The highest BCUT2D eigenvalue weighted by Gasteiger charge is 2.47. The van der Waals surface area contributed by atoms with Crippen molar-refractivity contribution in [1.29, 1.82) is 0 Å². The summed E-state index contributed by atoms with van der Waals surface area (Å²) < 4.78 is 0. The molecule has 1 atom stereocenters. The van der Waals surface area contributed by atoms with Gasteiger partial charge in [0.25, 0.3) is 5.91 Å². The van der Waals surface area contributed by atoms with Crippen LogP contribution < -0.4 is 5.32 Å². The molecule has 0 aliphatic carbocycles. The van der Waals surface area contributed by atoms with Gasteiger partial charge in [0.1, 0.15) is 0 Å². The van der Waals surface area contributed by atoms with Crippen LogP contribution in [0.2, 0.25) is 0 Å². The Morgan fingerprint density at radius 2 is 2.00 bits per heavy atom. The lowest BCUT2D eigenvalue weighted by molar-refractivity contribution is -0.129. The van der Waals surface area contributed by atoms with E-state index in [-0.39, 0.29) is 5.91 Å². The molecule has 0 bridgehead atoms. The van der Waals surface area contributed by atoms with Gasteiger partial charge in [0, 0.05) is 11.3 Å². The van der Waals surface area contributed by atoms with E-state index >= 15 is 0 Å². The highest BCUT2D eigenvalue weighted by molar-refractivity contribution is 7.10. The molecule has 16 heavy (non-hydrogen) atoms. The largest absolute Gasteiger partial charge is 0.371 e.